The van der Waals surface area contributed by atoms with Gasteiger partial charge in [0.25, 0.3) is 5.91 Å². The number of allylic oxidation sites excluding steroid dienone is 1. The van der Waals surface area contributed by atoms with E-state index in [1.807, 2.05) is 0 Å². The Kier molecular flexibility index (Phi) is 8.72. The molecule has 7 nitrogen and oxygen atoms in total. The lowest BCUT2D eigenvalue weighted by Crippen LogP contribution is -2.24. The number of amides is 1. The van der Waals surface area contributed by atoms with Gasteiger partial charge in [0, 0.05) is 13.3 Å². The van der Waals surface area contributed by atoms with Crippen LogP contribution >= 0.6 is 11.6 Å². The maximum absolute atomic E-state index is 13.3. The minimum atomic E-state index is -4.47. The summed E-state index contributed by atoms with van der Waals surface area (Å²) in [6.07, 6.45) is -0.867. The molecule has 1 aliphatic rings. The number of nitrogens with one attached hydrogen (secondary N) is 1. The zero-order chi connectivity index (χ0) is 27.4. The third kappa shape index (κ3) is 7.37. The lowest BCUT2D eigenvalue weighted by Gasteiger charge is -2.20. The number of rotatable bonds is 6. The maximum Gasteiger partial charge on any atom is 0.416 e. The molecule has 2 aromatic rings. The molecule has 0 spiro atoms. The van der Waals surface area contributed by atoms with Crippen LogP contribution in [0.3, 0.4) is 0 Å². The second-order valence-electron chi connectivity index (χ2n) is 9.21. The van der Waals surface area contributed by atoms with Crippen LogP contribution in [0.4, 0.5) is 13.2 Å². The first-order valence-electron chi connectivity index (χ1n) is 11.5. The van der Waals surface area contributed by atoms with Gasteiger partial charge in [-0.15, -0.1) is 0 Å². The van der Waals surface area contributed by atoms with Crippen molar-refractivity contribution in [3.05, 3.63) is 63.8 Å². The predicted octanol–water partition coefficient (Wildman–Crippen LogP) is 5.27. The first-order chi connectivity index (χ1) is 17.3. The standard InChI is InChI=1S/C26H27ClF3N3O4/c1-25(2,37-3)13-12-20-21(22(34)31-14-16-4-8-18(9-5-16)23(35)36)33(24(27)32-20)15-17-6-10-19(11-7-17)26(28,29)30/h6-7,10-11,14,18H,4-5,8-9,15H2,1-3H3,(H,31,34)(H,35,36). The third-order valence-electron chi connectivity index (χ3n) is 6.13. The zero-order valence-corrected chi connectivity index (χ0v) is 21.3. The fraction of sp³-hybridized carbons (Fsp3) is 0.423. The molecule has 1 amide bonds. The Morgan fingerprint density at radius 2 is 1.86 bits per heavy atom. The van der Waals surface area contributed by atoms with Crippen LogP contribution in [-0.4, -0.2) is 39.2 Å². The molecular formula is C26H27ClF3N3O4. The van der Waals surface area contributed by atoms with E-state index >= 15 is 0 Å². The van der Waals surface area contributed by atoms with Crippen molar-refractivity contribution in [2.75, 3.05) is 7.11 Å². The van der Waals surface area contributed by atoms with Crippen molar-refractivity contribution in [3.63, 3.8) is 0 Å². The number of benzene rings is 1. The normalized spacial score (nSPS) is 16.1. The fourth-order valence-corrected chi connectivity index (χ4v) is 3.97. The number of halogens is 4. The molecule has 0 atom stereocenters. The van der Waals surface area contributed by atoms with E-state index in [2.05, 4.69) is 22.1 Å². The average Bonchev–Trinajstić information content (AvgIpc) is 3.16. The molecule has 3 rings (SSSR count). The van der Waals surface area contributed by atoms with E-state index in [4.69, 9.17) is 21.4 Å². The van der Waals surface area contributed by atoms with E-state index in [9.17, 15) is 22.8 Å². The molecule has 1 aromatic heterocycles. The van der Waals surface area contributed by atoms with Crippen LogP contribution in [0.1, 0.15) is 66.8 Å². The number of carboxylic acid groups (broad SMARTS) is 1. The predicted molar refractivity (Wildman–Crippen MR) is 131 cm³/mol. The molecule has 0 saturated heterocycles. The van der Waals surface area contributed by atoms with Crippen molar-refractivity contribution in [3.8, 4) is 11.8 Å². The molecule has 37 heavy (non-hydrogen) atoms. The lowest BCUT2D eigenvalue weighted by atomic mass is 9.86. The molecule has 0 unspecified atom stereocenters. The number of aromatic nitrogens is 2. The Bertz CT molecular complexity index is 1240. The molecule has 0 bridgehead atoms. The second-order valence-corrected chi connectivity index (χ2v) is 9.55. The van der Waals surface area contributed by atoms with E-state index in [1.54, 1.807) is 20.0 Å². The third-order valence-corrected chi connectivity index (χ3v) is 6.42. The van der Waals surface area contributed by atoms with Gasteiger partial charge in [-0.1, -0.05) is 23.6 Å². The number of nitrogens with zero attached hydrogens (tertiary/aromatic N) is 2. The van der Waals surface area contributed by atoms with Gasteiger partial charge in [0.05, 0.1) is 18.0 Å². The summed E-state index contributed by atoms with van der Waals surface area (Å²) >= 11 is 6.35. The highest BCUT2D eigenvalue weighted by Gasteiger charge is 2.30. The Morgan fingerprint density at radius 1 is 1.24 bits per heavy atom. The van der Waals surface area contributed by atoms with Gasteiger partial charge in [0.15, 0.2) is 0 Å². The highest BCUT2D eigenvalue weighted by atomic mass is 35.5. The summed E-state index contributed by atoms with van der Waals surface area (Å²) in [7, 11) is 1.49. The smallest absolute Gasteiger partial charge is 0.416 e. The van der Waals surface area contributed by atoms with E-state index in [0.717, 1.165) is 17.7 Å². The number of alkyl halides is 3. The van der Waals surface area contributed by atoms with E-state index in [-0.39, 0.29) is 23.2 Å². The molecule has 1 saturated carbocycles. The van der Waals surface area contributed by atoms with Crippen molar-refractivity contribution >= 4 is 23.5 Å². The number of ether oxygens (including phenoxy) is 1. The van der Waals surface area contributed by atoms with E-state index in [1.165, 1.54) is 23.8 Å². The van der Waals surface area contributed by atoms with Crippen LogP contribution in [-0.2, 0) is 22.3 Å². The molecule has 2 N–H and O–H groups in total. The van der Waals surface area contributed by atoms with Crippen LogP contribution in [0.2, 0.25) is 5.28 Å². The van der Waals surface area contributed by atoms with Gasteiger partial charge in [-0.3, -0.25) is 9.59 Å². The summed E-state index contributed by atoms with van der Waals surface area (Å²) in [6, 6.07) is 4.53. The molecule has 1 heterocycles. The fourth-order valence-electron chi connectivity index (χ4n) is 3.75. The Balaban J connectivity index is 1.92. The summed E-state index contributed by atoms with van der Waals surface area (Å²) in [6.45, 7) is 3.45. The van der Waals surface area contributed by atoms with Gasteiger partial charge < -0.3 is 19.7 Å². The first-order valence-corrected chi connectivity index (χ1v) is 11.9. The van der Waals surface area contributed by atoms with Crippen molar-refractivity contribution in [1.82, 2.24) is 14.9 Å². The number of carbonyl (C=O) groups excluding carboxylic acids is 1. The lowest BCUT2D eigenvalue weighted by molar-refractivity contribution is -0.142. The summed E-state index contributed by atoms with van der Waals surface area (Å²) in [5.74, 6) is 3.93. The Hall–Kier alpha value is -3.29. The molecule has 1 aromatic carbocycles. The molecule has 1 fully saturated rings. The van der Waals surface area contributed by atoms with Gasteiger partial charge in [0.1, 0.15) is 17.0 Å². The van der Waals surface area contributed by atoms with Crippen LogP contribution in [0, 0.1) is 17.8 Å². The van der Waals surface area contributed by atoms with Crippen molar-refractivity contribution in [2.24, 2.45) is 5.92 Å². The number of carbonyl (C=O) groups is 2. The molecule has 198 valence electrons. The zero-order valence-electron chi connectivity index (χ0n) is 20.6. The largest absolute Gasteiger partial charge is 0.481 e. The van der Waals surface area contributed by atoms with Gasteiger partial charge in [-0.05, 0) is 74.7 Å². The molecule has 1 aliphatic carbocycles. The van der Waals surface area contributed by atoms with Crippen LogP contribution in [0.25, 0.3) is 0 Å². The highest BCUT2D eigenvalue weighted by Crippen LogP contribution is 2.30. The number of carboxylic acids is 1. The minimum Gasteiger partial charge on any atom is -0.481 e. The number of hydrogen-bond donors (Lipinski definition) is 2. The molecule has 11 heteroatoms. The van der Waals surface area contributed by atoms with Crippen LogP contribution in [0.5, 0.6) is 0 Å². The highest BCUT2D eigenvalue weighted by molar-refractivity contribution is 6.29. The number of hydrogen-bond acceptors (Lipinski definition) is 4. The molecular weight excluding hydrogens is 511 g/mol. The SMILES string of the molecule is COC(C)(C)C#Cc1nc(Cl)n(Cc2ccc(C(F)(F)F)cc2)c1C(=O)NC=C1CCC(C(=O)O)CC1. The number of aliphatic carboxylic acids is 1. The van der Waals surface area contributed by atoms with Crippen LogP contribution < -0.4 is 5.32 Å². The van der Waals surface area contributed by atoms with E-state index < -0.39 is 35.1 Å². The molecule has 0 radical (unpaired) electrons. The Morgan fingerprint density at radius 3 is 2.41 bits per heavy atom. The van der Waals surface area contributed by atoms with Gasteiger partial charge in [-0.25, -0.2) is 4.98 Å². The maximum atomic E-state index is 13.3. The van der Waals surface area contributed by atoms with Crippen molar-refractivity contribution < 1.29 is 32.6 Å². The number of methoxy groups -OCH3 is 1. The monoisotopic (exact) mass is 537 g/mol. The van der Waals surface area contributed by atoms with E-state index in [0.29, 0.717) is 31.2 Å². The van der Waals surface area contributed by atoms with Gasteiger partial charge >= 0.3 is 12.1 Å². The van der Waals surface area contributed by atoms with Crippen molar-refractivity contribution in [2.45, 2.75) is 57.9 Å². The number of imidazole rings is 1. The summed E-state index contributed by atoms with van der Waals surface area (Å²) in [5.41, 5.74) is -0.110. The van der Waals surface area contributed by atoms with Gasteiger partial charge in [-0.2, -0.15) is 13.2 Å². The second kappa shape index (κ2) is 11.4. The average molecular weight is 538 g/mol. The minimum absolute atomic E-state index is 0.0149. The molecule has 0 aliphatic heterocycles. The summed E-state index contributed by atoms with van der Waals surface area (Å²) < 4.78 is 45.5. The topological polar surface area (TPSA) is 93.5 Å². The van der Waals surface area contributed by atoms with Crippen molar-refractivity contribution in [1.29, 1.82) is 0 Å². The quantitative estimate of drug-likeness (QED) is 0.490. The van der Waals surface area contributed by atoms with Gasteiger partial charge in [0.2, 0.25) is 5.28 Å². The summed E-state index contributed by atoms with van der Waals surface area (Å²) in [4.78, 5) is 28.7. The summed E-state index contributed by atoms with van der Waals surface area (Å²) in [5, 5.41) is 11.8. The first kappa shape index (κ1) is 28.3. The Labute approximate surface area is 217 Å². The van der Waals surface area contributed by atoms with Crippen LogP contribution in [0.15, 0.2) is 36.0 Å².